The highest BCUT2D eigenvalue weighted by atomic mass is 16.5. The number of nitrogens with zero attached hydrogens (tertiary/aromatic N) is 2. The zero-order valence-electron chi connectivity index (χ0n) is 13.8. The van der Waals surface area contributed by atoms with Crippen LogP contribution < -0.4 is 10.1 Å². The maximum absolute atomic E-state index is 5.30. The summed E-state index contributed by atoms with van der Waals surface area (Å²) in [6.07, 6.45) is 0. The molecular weight excluding hydrogens is 262 g/mol. The minimum Gasteiger partial charge on any atom is -0.497 e. The fraction of sp³-hybridized carbons (Fsp3) is 0.471. The number of hydrogen-bond donors (Lipinski definition) is 1. The molecule has 1 aromatic carbocycles. The summed E-state index contributed by atoms with van der Waals surface area (Å²) in [7, 11) is 3.69. The molecule has 1 N–H and O–H groups in total. The molecule has 0 aliphatic heterocycles. The number of nitrogens with one attached hydrogen (secondary N) is 1. The SMILES string of the molecule is COc1cccc([C@@H](C)NC(C)c2c(C)nn(C)c2C)c1. The van der Waals surface area contributed by atoms with E-state index >= 15 is 0 Å². The molecular formula is C17H25N3O. The molecule has 21 heavy (non-hydrogen) atoms. The van der Waals surface area contributed by atoms with Crippen LogP contribution in [-0.2, 0) is 7.05 Å². The Labute approximate surface area is 127 Å². The van der Waals surface area contributed by atoms with Gasteiger partial charge in [0.15, 0.2) is 0 Å². The second-order valence-corrected chi connectivity index (χ2v) is 5.59. The first-order valence-electron chi connectivity index (χ1n) is 7.34. The molecule has 1 unspecified atom stereocenters. The van der Waals surface area contributed by atoms with Crippen LogP contribution in [-0.4, -0.2) is 16.9 Å². The molecule has 2 aromatic rings. The van der Waals surface area contributed by atoms with Gasteiger partial charge in [-0.05, 0) is 45.4 Å². The lowest BCUT2D eigenvalue weighted by atomic mass is 10.0. The number of ether oxygens (including phenoxy) is 1. The Balaban J connectivity index is 2.16. The molecule has 0 fully saturated rings. The molecule has 0 saturated carbocycles. The Hall–Kier alpha value is -1.81. The molecule has 0 saturated heterocycles. The number of aromatic nitrogens is 2. The predicted molar refractivity (Wildman–Crippen MR) is 85.6 cm³/mol. The van der Waals surface area contributed by atoms with E-state index in [9.17, 15) is 0 Å². The largest absolute Gasteiger partial charge is 0.497 e. The molecule has 2 rings (SSSR count). The van der Waals surface area contributed by atoms with Crippen LogP contribution in [0.2, 0.25) is 0 Å². The van der Waals surface area contributed by atoms with Crippen LogP contribution >= 0.6 is 0 Å². The fourth-order valence-electron chi connectivity index (χ4n) is 2.88. The second-order valence-electron chi connectivity index (χ2n) is 5.59. The highest BCUT2D eigenvalue weighted by Crippen LogP contribution is 2.25. The molecule has 1 aromatic heterocycles. The van der Waals surface area contributed by atoms with Gasteiger partial charge in [-0.15, -0.1) is 0 Å². The van der Waals surface area contributed by atoms with Gasteiger partial charge in [0.25, 0.3) is 0 Å². The van der Waals surface area contributed by atoms with E-state index in [1.807, 2.05) is 23.9 Å². The second kappa shape index (κ2) is 6.31. The molecule has 1 heterocycles. The van der Waals surface area contributed by atoms with Crippen LogP contribution in [0.4, 0.5) is 0 Å². The minimum absolute atomic E-state index is 0.245. The highest BCUT2D eigenvalue weighted by Gasteiger charge is 2.18. The first-order chi connectivity index (χ1) is 9.93. The van der Waals surface area contributed by atoms with Gasteiger partial charge in [0.1, 0.15) is 5.75 Å². The molecule has 114 valence electrons. The summed E-state index contributed by atoms with van der Waals surface area (Å²) in [6.45, 7) is 8.54. The Morgan fingerprint density at radius 2 is 1.90 bits per heavy atom. The predicted octanol–water partition coefficient (Wildman–Crippen LogP) is 3.46. The average molecular weight is 287 g/mol. The number of hydrogen-bond acceptors (Lipinski definition) is 3. The van der Waals surface area contributed by atoms with Gasteiger partial charge < -0.3 is 10.1 Å². The van der Waals surface area contributed by atoms with E-state index in [4.69, 9.17) is 4.74 Å². The summed E-state index contributed by atoms with van der Waals surface area (Å²) < 4.78 is 7.24. The van der Waals surface area contributed by atoms with Crippen molar-refractivity contribution in [1.82, 2.24) is 15.1 Å². The molecule has 2 atom stereocenters. The summed E-state index contributed by atoms with van der Waals surface area (Å²) in [5.41, 5.74) is 4.81. The summed E-state index contributed by atoms with van der Waals surface area (Å²) in [4.78, 5) is 0. The van der Waals surface area contributed by atoms with Gasteiger partial charge in [-0.3, -0.25) is 4.68 Å². The number of methoxy groups -OCH3 is 1. The maximum Gasteiger partial charge on any atom is 0.119 e. The van der Waals surface area contributed by atoms with E-state index < -0.39 is 0 Å². The molecule has 0 radical (unpaired) electrons. The third-order valence-electron chi connectivity index (χ3n) is 4.09. The Morgan fingerprint density at radius 3 is 2.48 bits per heavy atom. The molecule has 0 bridgehead atoms. The van der Waals surface area contributed by atoms with Crippen molar-refractivity contribution in [2.75, 3.05) is 7.11 Å². The van der Waals surface area contributed by atoms with Crippen LogP contribution in [0.5, 0.6) is 5.75 Å². The van der Waals surface area contributed by atoms with Crippen molar-refractivity contribution in [3.63, 3.8) is 0 Å². The minimum atomic E-state index is 0.245. The van der Waals surface area contributed by atoms with Gasteiger partial charge in [0.2, 0.25) is 0 Å². The van der Waals surface area contributed by atoms with E-state index in [1.54, 1.807) is 7.11 Å². The van der Waals surface area contributed by atoms with Crippen LogP contribution in [0.3, 0.4) is 0 Å². The summed E-state index contributed by atoms with van der Waals surface area (Å²) in [6, 6.07) is 8.68. The van der Waals surface area contributed by atoms with Crippen molar-refractivity contribution in [2.24, 2.45) is 7.05 Å². The number of benzene rings is 1. The Kier molecular flexibility index (Phi) is 4.68. The van der Waals surface area contributed by atoms with Crippen molar-refractivity contribution in [3.05, 3.63) is 46.8 Å². The summed E-state index contributed by atoms with van der Waals surface area (Å²) in [5, 5.41) is 8.15. The zero-order chi connectivity index (χ0) is 15.6. The lowest BCUT2D eigenvalue weighted by Crippen LogP contribution is -2.23. The fourth-order valence-corrected chi connectivity index (χ4v) is 2.88. The lowest BCUT2D eigenvalue weighted by Gasteiger charge is -2.21. The summed E-state index contributed by atoms with van der Waals surface area (Å²) in [5.74, 6) is 0.891. The van der Waals surface area contributed by atoms with Crippen LogP contribution in [0.25, 0.3) is 0 Å². The maximum atomic E-state index is 5.30. The van der Waals surface area contributed by atoms with Gasteiger partial charge in [-0.25, -0.2) is 0 Å². The quantitative estimate of drug-likeness (QED) is 0.915. The standard InChI is InChI=1S/C17H25N3O/c1-11(15-8-7-9-16(10-15)21-6)18-12(2)17-13(3)19-20(5)14(17)4/h7-12,18H,1-6H3/t11-,12?/m1/s1. The third kappa shape index (κ3) is 3.27. The van der Waals surface area contributed by atoms with E-state index in [1.165, 1.54) is 16.8 Å². The first kappa shape index (κ1) is 15.6. The van der Waals surface area contributed by atoms with Gasteiger partial charge >= 0.3 is 0 Å². The Morgan fingerprint density at radius 1 is 1.19 bits per heavy atom. The van der Waals surface area contributed by atoms with E-state index in [2.05, 4.69) is 50.2 Å². The first-order valence-corrected chi connectivity index (χ1v) is 7.34. The smallest absolute Gasteiger partial charge is 0.119 e. The van der Waals surface area contributed by atoms with E-state index in [-0.39, 0.29) is 12.1 Å². The van der Waals surface area contributed by atoms with Gasteiger partial charge in [0, 0.05) is 30.4 Å². The highest BCUT2D eigenvalue weighted by molar-refractivity contribution is 5.31. The van der Waals surface area contributed by atoms with E-state index in [0.29, 0.717) is 0 Å². The number of aryl methyl sites for hydroxylation is 2. The monoisotopic (exact) mass is 287 g/mol. The molecule has 0 amide bonds. The van der Waals surface area contributed by atoms with E-state index in [0.717, 1.165) is 11.4 Å². The van der Waals surface area contributed by atoms with Gasteiger partial charge in [0.05, 0.1) is 12.8 Å². The topological polar surface area (TPSA) is 39.1 Å². The van der Waals surface area contributed by atoms with Crippen molar-refractivity contribution >= 4 is 0 Å². The van der Waals surface area contributed by atoms with Crippen LogP contribution in [0.15, 0.2) is 24.3 Å². The van der Waals surface area contributed by atoms with Gasteiger partial charge in [-0.1, -0.05) is 12.1 Å². The molecule has 0 aliphatic carbocycles. The zero-order valence-corrected chi connectivity index (χ0v) is 13.8. The molecule has 0 spiro atoms. The summed E-state index contributed by atoms with van der Waals surface area (Å²) >= 11 is 0. The number of rotatable bonds is 5. The normalized spacial score (nSPS) is 14.0. The van der Waals surface area contributed by atoms with Crippen molar-refractivity contribution in [1.29, 1.82) is 0 Å². The molecule has 4 heteroatoms. The molecule has 4 nitrogen and oxygen atoms in total. The average Bonchev–Trinajstić information content (AvgIpc) is 2.72. The van der Waals surface area contributed by atoms with Crippen LogP contribution in [0.1, 0.15) is 48.4 Å². The Bertz CT molecular complexity index is 618. The third-order valence-corrected chi connectivity index (χ3v) is 4.09. The molecule has 0 aliphatic rings. The van der Waals surface area contributed by atoms with Crippen molar-refractivity contribution in [3.8, 4) is 5.75 Å². The van der Waals surface area contributed by atoms with Gasteiger partial charge in [-0.2, -0.15) is 5.10 Å². The van der Waals surface area contributed by atoms with Crippen LogP contribution in [0, 0.1) is 13.8 Å². The lowest BCUT2D eigenvalue weighted by molar-refractivity contribution is 0.412. The van der Waals surface area contributed by atoms with Crippen molar-refractivity contribution in [2.45, 2.75) is 39.8 Å². The van der Waals surface area contributed by atoms with Crippen molar-refractivity contribution < 1.29 is 4.74 Å².